The molecule has 1 N–H and O–H groups in total. The first-order valence-corrected chi connectivity index (χ1v) is 13.6. The average Bonchev–Trinajstić information content (AvgIpc) is 3.41. The van der Waals surface area contributed by atoms with Gasteiger partial charge >= 0.3 is 5.97 Å². The number of allylic oxidation sites excluding steroid dienone is 2. The Bertz CT molecular complexity index is 1620. The van der Waals surface area contributed by atoms with Crippen LogP contribution in [0.4, 0.5) is 4.39 Å². The maximum absolute atomic E-state index is 13.6. The molecule has 0 fully saturated rings. The maximum Gasteiger partial charge on any atom is 0.303 e. The van der Waals surface area contributed by atoms with Gasteiger partial charge in [-0.25, -0.2) is 9.37 Å². The predicted molar refractivity (Wildman–Crippen MR) is 154 cm³/mol. The van der Waals surface area contributed by atoms with Gasteiger partial charge in [-0.2, -0.15) is 0 Å². The van der Waals surface area contributed by atoms with Crippen molar-refractivity contribution in [3.8, 4) is 5.69 Å². The second-order valence-corrected chi connectivity index (χ2v) is 9.43. The van der Waals surface area contributed by atoms with E-state index in [1.807, 2.05) is 30.4 Å². The van der Waals surface area contributed by atoms with E-state index in [2.05, 4.69) is 16.2 Å². The normalized spacial score (nSPS) is 16.2. The van der Waals surface area contributed by atoms with Crippen LogP contribution in [0, 0.1) is 5.82 Å². The second-order valence-electron chi connectivity index (χ2n) is 9.43. The highest BCUT2D eigenvalue weighted by molar-refractivity contribution is 5.78. The molecule has 0 spiro atoms. The molecule has 3 aromatic rings. The van der Waals surface area contributed by atoms with Crippen LogP contribution in [0.5, 0.6) is 0 Å². The van der Waals surface area contributed by atoms with Crippen molar-refractivity contribution in [3.05, 3.63) is 98.7 Å². The van der Waals surface area contributed by atoms with Crippen LogP contribution in [-0.4, -0.2) is 44.8 Å². The molecule has 1 aliphatic heterocycles. The number of unbranched alkanes of at least 4 members (excludes halogenated alkanes) is 1. The van der Waals surface area contributed by atoms with Crippen molar-refractivity contribution < 1.29 is 23.6 Å². The molecule has 0 atom stereocenters. The quantitative estimate of drug-likeness (QED) is 0.298. The minimum atomic E-state index is -0.876. The van der Waals surface area contributed by atoms with E-state index < -0.39 is 11.8 Å². The highest BCUT2D eigenvalue weighted by atomic mass is 19.1. The van der Waals surface area contributed by atoms with E-state index in [0.717, 1.165) is 6.42 Å². The Morgan fingerprint density at radius 1 is 1.15 bits per heavy atom. The van der Waals surface area contributed by atoms with Crippen molar-refractivity contribution in [3.63, 3.8) is 0 Å². The molecule has 1 aliphatic rings. The Labute approximate surface area is 236 Å². The van der Waals surface area contributed by atoms with Gasteiger partial charge in [-0.1, -0.05) is 41.6 Å². The Balaban J connectivity index is 1.61. The molecule has 214 valence electrons. The molecule has 0 radical (unpaired) electrons. The van der Waals surface area contributed by atoms with Gasteiger partial charge in [-0.05, 0) is 50.5 Å². The number of carboxylic acids is 1. The van der Waals surface area contributed by atoms with Crippen molar-refractivity contribution in [2.75, 3.05) is 13.2 Å². The van der Waals surface area contributed by atoms with Crippen molar-refractivity contribution in [1.82, 2.24) is 14.7 Å². The van der Waals surface area contributed by atoms with Crippen molar-refractivity contribution >= 4 is 24.0 Å². The van der Waals surface area contributed by atoms with Gasteiger partial charge in [-0.15, -0.1) is 0 Å². The number of halogens is 1. The highest BCUT2D eigenvalue weighted by Crippen LogP contribution is 2.11. The molecule has 41 heavy (non-hydrogen) atoms. The lowest BCUT2D eigenvalue weighted by molar-refractivity contribution is -0.137. The van der Waals surface area contributed by atoms with Gasteiger partial charge in [0.15, 0.2) is 5.90 Å². The number of rotatable bonds is 10. The first-order valence-electron chi connectivity index (χ1n) is 13.6. The molecule has 3 heterocycles. The van der Waals surface area contributed by atoms with Crippen LogP contribution >= 0.6 is 0 Å². The third kappa shape index (κ3) is 8.44. The van der Waals surface area contributed by atoms with Gasteiger partial charge in [0, 0.05) is 25.3 Å². The fourth-order valence-corrected chi connectivity index (χ4v) is 4.36. The number of aryl methyl sites for hydroxylation is 1. The summed E-state index contributed by atoms with van der Waals surface area (Å²) in [5.74, 6) is 0.356. The number of ether oxygens (including phenoxy) is 1. The zero-order chi connectivity index (χ0) is 29.0. The first kappa shape index (κ1) is 29.4. The summed E-state index contributed by atoms with van der Waals surface area (Å²) in [6.45, 7) is 2.73. The van der Waals surface area contributed by atoms with E-state index in [-0.39, 0.29) is 12.0 Å². The molecule has 0 bridgehead atoms. The molecule has 2 aromatic heterocycles. The molecule has 0 amide bonds. The summed E-state index contributed by atoms with van der Waals surface area (Å²) in [5.41, 5.74) is 0.864. The van der Waals surface area contributed by atoms with E-state index in [1.165, 1.54) is 28.8 Å². The molecular weight excluding hydrogens is 527 g/mol. The molecule has 0 unspecified atom stereocenters. The Morgan fingerprint density at radius 2 is 1.95 bits per heavy atom. The van der Waals surface area contributed by atoms with Gasteiger partial charge in [0.1, 0.15) is 24.0 Å². The predicted octanol–water partition coefficient (Wildman–Crippen LogP) is 3.45. The minimum Gasteiger partial charge on any atom is -0.481 e. The van der Waals surface area contributed by atoms with Gasteiger partial charge in [0.2, 0.25) is 0 Å². The summed E-state index contributed by atoms with van der Waals surface area (Å²) in [6, 6.07) is 7.46. The molecule has 1 aromatic carbocycles. The van der Waals surface area contributed by atoms with E-state index in [1.54, 1.807) is 13.0 Å². The number of hydrogen-bond acceptors (Lipinski definition) is 7. The second kappa shape index (κ2) is 14.7. The van der Waals surface area contributed by atoms with Gasteiger partial charge < -0.3 is 14.4 Å². The van der Waals surface area contributed by atoms with Crippen LogP contribution in [-0.2, 0) is 28.8 Å². The lowest BCUT2D eigenvalue weighted by atomic mass is 10.1. The Kier molecular flexibility index (Phi) is 10.5. The number of aliphatic imine (C=N–C) groups is 1. The van der Waals surface area contributed by atoms with Crippen molar-refractivity contribution in [2.45, 2.75) is 51.9 Å². The standard InChI is InChI=1S/C31H33FN4O5/c1-2-26-27(17-14-23-20-25(41-35-23)21-29-33-18-8-4-3-5-9-19-40-29)34-28(10-6-7-11-30(37)38)36(31(26)39)24-15-12-22(32)13-16-24/h2,4-5,8-9,12-13,15-17,20H,3,6-7,10-11,14,18-19,21H2,1H3,(H,37,38)/b8-4-,9-5-,26-2+,27-17+,33-29?. The largest absolute Gasteiger partial charge is 0.481 e. The molecule has 0 saturated carbocycles. The maximum atomic E-state index is 13.6. The smallest absolute Gasteiger partial charge is 0.303 e. The van der Waals surface area contributed by atoms with E-state index in [4.69, 9.17) is 19.4 Å². The molecule has 10 heteroatoms. The summed E-state index contributed by atoms with van der Waals surface area (Å²) < 4.78 is 26.3. The molecule has 9 nitrogen and oxygen atoms in total. The zero-order valence-corrected chi connectivity index (χ0v) is 23.0. The Morgan fingerprint density at radius 3 is 2.73 bits per heavy atom. The molecule has 4 rings (SSSR count). The first-order chi connectivity index (χ1) is 19.9. The van der Waals surface area contributed by atoms with E-state index in [9.17, 15) is 14.0 Å². The van der Waals surface area contributed by atoms with Crippen LogP contribution in [0.2, 0.25) is 0 Å². The van der Waals surface area contributed by atoms with Crippen LogP contribution < -0.4 is 16.1 Å². The zero-order valence-electron chi connectivity index (χ0n) is 23.0. The molecule has 0 saturated heterocycles. The van der Waals surface area contributed by atoms with E-state index in [0.29, 0.717) is 84.7 Å². The number of carbonyl (C=O) groups is 1. The van der Waals surface area contributed by atoms with Gasteiger partial charge in [0.25, 0.3) is 5.56 Å². The molecular formula is C31H33FN4O5. The SMILES string of the molecule is C/C=c1/c(=O)n(-c2ccc(F)cc2)c(CCCCC(=O)O)n/c1=C/Cc1cc(CC2=NC/C=C\C/C=C\CO2)on1. The average molecular weight is 561 g/mol. The fraction of sp³-hybridized carbons (Fsp3) is 0.323. The third-order valence-corrected chi connectivity index (χ3v) is 6.39. The third-order valence-electron chi connectivity index (χ3n) is 6.39. The lowest BCUT2D eigenvalue weighted by Gasteiger charge is -2.13. The number of benzene rings is 1. The Hall–Kier alpha value is -4.60. The number of hydrogen-bond donors (Lipinski definition) is 1. The number of aliphatic carboxylic acids is 1. The van der Waals surface area contributed by atoms with E-state index >= 15 is 0 Å². The minimum absolute atomic E-state index is 0.0277. The topological polar surface area (TPSA) is 120 Å². The van der Waals surface area contributed by atoms with Crippen LogP contribution in [0.15, 0.2) is 68.9 Å². The van der Waals surface area contributed by atoms with Crippen LogP contribution in [0.1, 0.15) is 49.9 Å². The summed E-state index contributed by atoms with van der Waals surface area (Å²) in [7, 11) is 0. The summed E-state index contributed by atoms with van der Waals surface area (Å²) in [6.07, 6.45) is 14.5. The summed E-state index contributed by atoms with van der Waals surface area (Å²) in [5, 5.41) is 14.1. The summed E-state index contributed by atoms with van der Waals surface area (Å²) >= 11 is 0. The number of nitrogens with zero attached hydrogens (tertiary/aromatic N) is 4. The molecule has 0 aliphatic carbocycles. The van der Waals surface area contributed by atoms with Crippen molar-refractivity contribution in [2.24, 2.45) is 4.99 Å². The van der Waals surface area contributed by atoms with Gasteiger partial charge in [-0.3, -0.25) is 19.1 Å². The van der Waals surface area contributed by atoms with Crippen LogP contribution in [0.3, 0.4) is 0 Å². The highest BCUT2D eigenvalue weighted by Gasteiger charge is 2.13. The number of aromatic nitrogens is 3. The fourth-order valence-electron chi connectivity index (χ4n) is 4.36. The summed E-state index contributed by atoms with van der Waals surface area (Å²) in [4.78, 5) is 33.9. The monoisotopic (exact) mass is 560 g/mol. The van der Waals surface area contributed by atoms with Gasteiger partial charge in [0.05, 0.1) is 34.9 Å². The number of carboxylic acid groups (broad SMARTS) is 1. The van der Waals surface area contributed by atoms with Crippen molar-refractivity contribution in [1.29, 1.82) is 0 Å². The van der Waals surface area contributed by atoms with Crippen LogP contribution in [0.25, 0.3) is 17.8 Å². The lowest BCUT2D eigenvalue weighted by Crippen LogP contribution is -2.48.